The molecular formula is C7H16S. The highest BCUT2D eigenvalue weighted by molar-refractivity contribution is 7.80. The van der Waals surface area contributed by atoms with Crippen LogP contribution in [0.2, 0.25) is 0 Å². The van der Waals surface area contributed by atoms with E-state index in [1.807, 2.05) is 0 Å². The van der Waals surface area contributed by atoms with Gasteiger partial charge in [0.2, 0.25) is 0 Å². The van der Waals surface area contributed by atoms with Crippen molar-refractivity contribution in [2.24, 2.45) is 5.92 Å². The average Bonchev–Trinajstić information content (AvgIpc) is 1.69. The van der Waals surface area contributed by atoms with Crippen molar-refractivity contribution in [2.45, 2.75) is 38.9 Å². The molecule has 0 heterocycles. The standard InChI is InChI=1S/C7H16S/c1-4-7(5-2)6(3)8/h6-8H,4-5H2,1-3H3/t6-/m0/s1. The van der Waals surface area contributed by atoms with Gasteiger partial charge in [0.1, 0.15) is 0 Å². The van der Waals surface area contributed by atoms with E-state index in [0.29, 0.717) is 5.25 Å². The Bertz CT molecular complexity index is 46.3. The molecule has 0 fully saturated rings. The zero-order valence-corrected chi connectivity index (χ0v) is 6.91. The van der Waals surface area contributed by atoms with Gasteiger partial charge in [-0.25, -0.2) is 0 Å². The zero-order chi connectivity index (χ0) is 6.57. The Hall–Kier alpha value is 0.350. The van der Waals surface area contributed by atoms with Crippen molar-refractivity contribution in [1.29, 1.82) is 0 Å². The molecule has 0 aromatic carbocycles. The topological polar surface area (TPSA) is 0 Å². The second-order valence-corrected chi connectivity index (χ2v) is 3.13. The molecule has 0 rings (SSSR count). The largest absolute Gasteiger partial charge is 0.176 e. The van der Waals surface area contributed by atoms with E-state index in [1.54, 1.807) is 0 Å². The van der Waals surface area contributed by atoms with Gasteiger partial charge in [-0.15, -0.1) is 0 Å². The lowest BCUT2D eigenvalue weighted by Crippen LogP contribution is -2.08. The molecule has 50 valence electrons. The summed E-state index contributed by atoms with van der Waals surface area (Å²) in [6.45, 7) is 6.61. The summed E-state index contributed by atoms with van der Waals surface area (Å²) in [4.78, 5) is 0. The van der Waals surface area contributed by atoms with Gasteiger partial charge in [0.25, 0.3) is 0 Å². The van der Waals surface area contributed by atoms with Crippen LogP contribution < -0.4 is 0 Å². The Balaban J connectivity index is 3.35. The van der Waals surface area contributed by atoms with Gasteiger partial charge in [0.05, 0.1) is 0 Å². The smallest absolute Gasteiger partial charge is 0.00165 e. The molecule has 1 atom stereocenters. The molecule has 0 N–H and O–H groups in total. The predicted molar refractivity (Wildman–Crippen MR) is 42.5 cm³/mol. The molecule has 1 heteroatoms. The third-order valence-corrected chi connectivity index (χ3v) is 2.15. The lowest BCUT2D eigenvalue weighted by Gasteiger charge is -2.14. The molecule has 0 bridgehead atoms. The summed E-state index contributed by atoms with van der Waals surface area (Å²) in [5.74, 6) is 0.818. The molecule has 0 aliphatic rings. The monoisotopic (exact) mass is 132 g/mol. The summed E-state index contributed by atoms with van der Waals surface area (Å²) in [7, 11) is 0. The van der Waals surface area contributed by atoms with Gasteiger partial charge in [-0.3, -0.25) is 0 Å². The normalized spacial score (nSPS) is 14.6. The van der Waals surface area contributed by atoms with Crippen LogP contribution >= 0.6 is 12.6 Å². The molecule has 8 heavy (non-hydrogen) atoms. The maximum absolute atomic E-state index is 4.35. The van der Waals surface area contributed by atoms with Gasteiger partial charge in [-0.1, -0.05) is 33.6 Å². The molecule has 0 amide bonds. The first-order valence-corrected chi connectivity index (χ1v) is 3.92. The van der Waals surface area contributed by atoms with Gasteiger partial charge < -0.3 is 0 Å². The Kier molecular flexibility index (Phi) is 4.44. The van der Waals surface area contributed by atoms with Gasteiger partial charge in [-0.2, -0.15) is 12.6 Å². The minimum absolute atomic E-state index is 0.574. The second kappa shape index (κ2) is 4.25. The molecule has 0 aliphatic heterocycles. The average molecular weight is 132 g/mol. The summed E-state index contributed by atoms with van der Waals surface area (Å²) in [6.07, 6.45) is 2.53. The van der Waals surface area contributed by atoms with Crippen molar-refractivity contribution >= 4 is 12.6 Å². The fourth-order valence-electron chi connectivity index (χ4n) is 0.971. The van der Waals surface area contributed by atoms with Gasteiger partial charge in [0, 0.05) is 5.25 Å². The summed E-state index contributed by atoms with van der Waals surface area (Å²) < 4.78 is 0. The molecule has 0 unspecified atom stereocenters. The minimum Gasteiger partial charge on any atom is -0.176 e. The van der Waals surface area contributed by atoms with Crippen LogP contribution in [0.25, 0.3) is 0 Å². The number of rotatable bonds is 3. The molecule has 0 aliphatic carbocycles. The van der Waals surface area contributed by atoms with E-state index in [0.717, 1.165) is 5.92 Å². The first kappa shape index (κ1) is 8.35. The van der Waals surface area contributed by atoms with Crippen molar-refractivity contribution in [3.8, 4) is 0 Å². The molecule has 0 saturated heterocycles. The van der Waals surface area contributed by atoms with Gasteiger partial charge in [-0.05, 0) is 5.92 Å². The third kappa shape index (κ3) is 2.61. The quantitative estimate of drug-likeness (QED) is 0.561. The van der Waals surface area contributed by atoms with Crippen molar-refractivity contribution in [3.05, 3.63) is 0 Å². The molecule has 0 spiro atoms. The van der Waals surface area contributed by atoms with Crippen LogP contribution in [0.5, 0.6) is 0 Å². The highest BCUT2D eigenvalue weighted by atomic mass is 32.1. The Morgan fingerprint density at radius 3 is 1.62 bits per heavy atom. The summed E-state index contributed by atoms with van der Waals surface area (Å²) >= 11 is 4.35. The summed E-state index contributed by atoms with van der Waals surface area (Å²) in [5, 5.41) is 0.574. The second-order valence-electron chi connectivity index (χ2n) is 2.32. The molecule has 0 aromatic rings. The fourth-order valence-corrected chi connectivity index (χ4v) is 1.39. The van der Waals surface area contributed by atoms with Crippen molar-refractivity contribution in [2.75, 3.05) is 0 Å². The minimum atomic E-state index is 0.574. The lowest BCUT2D eigenvalue weighted by atomic mass is 10.0. The summed E-state index contributed by atoms with van der Waals surface area (Å²) in [5.41, 5.74) is 0. The van der Waals surface area contributed by atoms with Gasteiger partial charge in [0.15, 0.2) is 0 Å². The molecule has 0 nitrogen and oxygen atoms in total. The molecule has 0 radical (unpaired) electrons. The molecule has 0 saturated carbocycles. The highest BCUT2D eigenvalue weighted by Gasteiger charge is 2.07. The van der Waals surface area contributed by atoms with E-state index in [2.05, 4.69) is 33.4 Å². The fraction of sp³-hybridized carbons (Fsp3) is 1.00. The first-order valence-electron chi connectivity index (χ1n) is 3.40. The van der Waals surface area contributed by atoms with Crippen LogP contribution in [0, 0.1) is 5.92 Å². The third-order valence-electron chi connectivity index (χ3n) is 1.73. The maximum atomic E-state index is 4.35. The summed E-state index contributed by atoms with van der Waals surface area (Å²) in [6, 6.07) is 0. The van der Waals surface area contributed by atoms with E-state index in [-0.39, 0.29) is 0 Å². The van der Waals surface area contributed by atoms with E-state index >= 15 is 0 Å². The number of hydrogen-bond donors (Lipinski definition) is 1. The van der Waals surface area contributed by atoms with Crippen LogP contribution in [0.3, 0.4) is 0 Å². The van der Waals surface area contributed by atoms with Crippen LogP contribution in [0.15, 0.2) is 0 Å². The van der Waals surface area contributed by atoms with E-state index < -0.39 is 0 Å². The van der Waals surface area contributed by atoms with Crippen LogP contribution in [-0.4, -0.2) is 5.25 Å². The Morgan fingerprint density at radius 2 is 1.62 bits per heavy atom. The van der Waals surface area contributed by atoms with E-state index in [1.165, 1.54) is 12.8 Å². The Labute approximate surface area is 58.1 Å². The van der Waals surface area contributed by atoms with Crippen LogP contribution in [0.4, 0.5) is 0 Å². The maximum Gasteiger partial charge on any atom is 0.00165 e. The zero-order valence-electron chi connectivity index (χ0n) is 6.02. The van der Waals surface area contributed by atoms with Crippen LogP contribution in [0.1, 0.15) is 33.6 Å². The van der Waals surface area contributed by atoms with Crippen molar-refractivity contribution in [3.63, 3.8) is 0 Å². The Morgan fingerprint density at radius 1 is 1.25 bits per heavy atom. The van der Waals surface area contributed by atoms with Crippen LogP contribution in [-0.2, 0) is 0 Å². The first-order chi connectivity index (χ1) is 3.72. The number of thiol groups is 1. The number of hydrogen-bond acceptors (Lipinski definition) is 1. The molecular weight excluding hydrogens is 116 g/mol. The van der Waals surface area contributed by atoms with E-state index in [9.17, 15) is 0 Å². The van der Waals surface area contributed by atoms with Gasteiger partial charge >= 0.3 is 0 Å². The van der Waals surface area contributed by atoms with Crippen molar-refractivity contribution in [1.82, 2.24) is 0 Å². The molecule has 0 aromatic heterocycles. The van der Waals surface area contributed by atoms with Crippen molar-refractivity contribution < 1.29 is 0 Å². The SMILES string of the molecule is CCC(CC)[C@H](C)S. The lowest BCUT2D eigenvalue weighted by molar-refractivity contribution is 0.491. The highest BCUT2D eigenvalue weighted by Crippen LogP contribution is 2.16. The predicted octanol–water partition coefficient (Wildman–Crippen LogP) is 2.74. The van der Waals surface area contributed by atoms with E-state index in [4.69, 9.17) is 0 Å².